The van der Waals surface area contributed by atoms with Gasteiger partial charge in [-0.25, -0.2) is 14.2 Å². The fraction of sp³-hybridized carbons (Fsp3) is 0.143. The molecule has 0 amide bonds. The van der Waals surface area contributed by atoms with Gasteiger partial charge in [-0.15, -0.1) is 0 Å². The third kappa shape index (κ3) is 2.76. The van der Waals surface area contributed by atoms with Gasteiger partial charge in [-0.05, 0) is 36.2 Å². The van der Waals surface area contributed by atoms with Gasteiger partial charge in [0.2, 0.25) is 0 Å². The molecule has 0 radical (unpaired) electrons. The van der Waals surface area contributed by atoms with Crippen molar-refractivity contribution in [2.45, 2.75) is 13.0 Å². The molecular weight excluding hydrogens is 270 g/mol. The quantitative estimate of drug-likeness (QED) is 0.668. The van der Waals surface area contributed by atoms with Gasteiger partial charge in [-0.1, -0.05) is 29.8 Å². The molecule has 0 saturated heterocycles. The van der Waals surface area contributed by atoms with Crippen LogP contribution in [0.1, 0.15) is 22.7 Å². The number of benzene rings is 2. The van der Waals surface area contributed by atoms with Crippen molar-refractivity contribution < 1.29 is 8.78 Å². The molecule has 0 aliphatic heterocycles. The summed E-state index contributed by atoms with van der Waals surface area (Å²) < 4.78 is 27.6. The highest BCUT2D eigenvalue weighted by molar-refractivity contribution is 6.31. The Bertz CT molecular complexity index is 582. The van der Waals surface area contributed by atoms with Gasteiger partial charge in [0.1, 0.15) is 11.6 Å². The second kappa shape index (κ2) is 5.65. The molecule has 0 aromatic heterocycles. The number of nitrogens with one attached hydrogen (secondary N) is 1. The minimum Gasteiger partial charge on any atom is -0.271 e. The van der Waals surface area contributed by atoms with E-state index in [1.54, 1.807) is 18.2 Å². The zero-order valence-corrected chi connectivity index (χ0v) is 11.0. The first-order valence-corrected chi connectivity index (χ1v) is 6.08. The molecule has 1 atom stereocenters. The van der Waals surface area contributed by atoms with Crippen molar-refractivity contribution in [2.24, 2.45) is 5.84 Å². The van der Waals surface area contributed by atoms with Crippen molar-refractivity contribution in [1.82, 2.24) is 5.43 Å². The lowest BCUT2D eigenvalue weighted by Gasteiger charge is -2.19. The van der Waals surface area contributed by atoms with E-state index in [-0.39, 0.29) is 5.56 Å². The molecule has 2 aromatic rings. The first-order valence-electron chi connectivity index (χ1n) is 5.70. The largest absolute Gasteiger partial charge is 0.271 e. The van der Waals surface area contributed by atoms with Crippen LogP contribution in [-0.4, -0.2) is 0 Å². The summed E-state index contributed by atoms with van der Waals surface area (Å²) in [7, 11) is 0. The van der Waals surface area contributed by atoms with Gasteiger partial charge in [0, 0.05) is 10.6 Å². The van der Waals surface area contributed by atoms with E-state index in [0.29, 0.717) is 10.6 Å². The van der Waals surface area contributed by atoms with E-state index in [1.807, 2.05) is 6.92 Å². The van der Waals surface area contributed by atoms with Gasteiger partial charge in [-0.2, -0.15) is 0 Å². The van der Waals surface area contributed by atoms with Crippen molar-refractivity contribution in [1.29, 1.82) is 0 Å². The van der Waals surface area contributed by atoms with E-state index in [1.165, 1.54) is 18.2 Å². The summed E-state index contributed by atoms with van der Waals surface area (Å²) in [5.74, 6) is 4.16. The molecule has 5 heteroatoms. The lowest BCUT2D eigenvalue weighted by atomic mass is 9.97. The second-order valence-electron chi connectivity index (χ2n) is 4.24. The highest BCUT2D eigenvalue weighted by Gasteiger charge is 2.21. The molecule has 1 unspecified atom stereocenters. The Hall–Kier alpha value is -1.49. The summed E-state index contributed by atoms with van der Waals surface area (Å²) in [6, 6.07) is 8.06. The molecule has 0 aliphatic carbocycles. The maximum atomic E-state index is 13.8. The van der Waals surface area contributed by atoms with Crippen molar-refractivity contribution in [2.75, 3.05) is 0 Å². The first-order chi connectivity index (χ1) is 9.04. The summed E-state index contributed by atoms with van der Waals surface area (Å²) in [6.45, 7) is 1.82. The van der Waals surface area contributed by atoms with E-state index in [0.717, 1.165) is 5.56 Å². The monoisotopic (exact) mass is 282 g/mol. The molecule has 100 valence electrons. The van der Waals surface area contributed by atoms with Crippen LogP contribution < -0.4 is 11.3 Å². The fourth-order valence-corrected chi connectivity index (χ4v) is 2.10. The topological polar surface area (TPSA) is 38.0 Å². The fourth-order valence-electron chi connectivity index (χ4n) is 1.98. The van der Waals surface area contributed by atoms with Crippen LogP contribution in [0.4, 0.5) is 8.78 Å². The Labute approximate surface area is 115 Å². The van der Waals surface area contributed by atoms with E-state index in [9.17, 15) is 8.78 Å². The molecule has 0 spiro atoms. The molecule has 19 heavy (non-hydrogen) atoms. The Balaban J connectivity index is 2.53. The number of hydrogen-bond donors (Lipinski definition) is 2. The smallest absolute Gasteiger partial charge is 0.131 e. The molecular formula is C14H13ClF2N2. The van der Waals surface area contributed by atoms with E-state index in [4.69, 9.17) is 17.4 Å². The van der Waals surface area contributed by atoms with Crippen LogP contribution in [-0.2, 0) is 0 Å². The van der Waals surface area contributed by atoms with Gasteiger partial charge >= 0.3 is 0 Å². The summed E-state index contributed by atoms with van der Waals surface area (Å²) in [6.07, 6.45) is 0. The van der Waals surface area contributed by atoms with Crippen LogP contribution in [0.5, 0.6) is 0 Å². The molecule has 0 heterocycles. The number of hydrazine groups is 1. The highest BCUT2D eigenvalue weighted by atomic mass is 35.5. The maximum absolute atomic E-state index is 13.8. The van der Waals surface area contributed by atoms with Gasteiger partial charge in [0.25, 0.3) is 0 Å². The van der Waals surface area contributed by atoms with Gasteiger partial charge in [0.15, 0.2) is 0 Å². The number of halogens is 3. The molecule has 2 aromatic carbocycles. The number of rotatable bonds is 3. The predicted octanol–water partition coefficient (Wildman–Crippen LogP) is 3.48. The Morgan fingerprint density at radius 2 is 1.79 bits per heavy atom. The Morgan fingerprint density at radius 1 is 1.16 bits per heavy atom. The average Bonchev–Trinajstić information content (AvgIpc) is 2.37. The van der Waals surface area contributed by atoms with Gasteiger partial charge in [-0.3, -0.25) is 5.84 Å². The third-order valence-corrected chi connectivity index (χ3v) is 3.39. The Morgan fingerprint density at radius 3 is 2.32 bits per heavy atom. The molecule has 2 rings (SSSR count). The van der Waals surface area contributed by atoms with Crippen molar-refractivity contribution >= 4 is 11.6 Å². The van der Waals surface area contributed by atoms with Crippen molar-refractivity contribution in [3.8, 4) is 0 Å². The molecule has 0 saturated carbocycles. The first kappa shape index (κ1) is 13.9. The minimum absolute atomic E-state index is 0.105. The lowest BCUT2D eigenvalue weighted by molar-refractivity contribution is 0.510. The number of nitrogens with two attached hydrogens (primary N) is 1. The van der Waals surface area contributed by atoms with Crippen LogP contribution in [0, 0.1) is 18.6 Å². The Kier molecular flexibility index (Phi) is 4.14. The molecule has 2 nitrogen and oxygen atoms in total. The average molecular weight is 283 g/mol. The van der Waals surface area contributed by atoms with Crippen molar-refractivity contribution in [3.05, 3.63) is 69.7 Å². The normalized spacial score (nSPS) is 12.5. The highest BCUT2D eigenvalue weighted by Crippen LogP contribution is 2.28. The second-order valence-corrected chi connectivity index (χ2v) is 4.65. The maximum Gasteiger partial charge on any atom is 0.131 e. The summed E-state index contributed by atoms with van der Waals surface area (Å²) in [4.78, 5) is 0. The van der Waals surface area contributed by atoms with Gasteiger partial charge in [0.05, 0.1) is 6.04 Å². The molecule has 0 fully saturated rings. The zero-order valence-electron chi connectivity index (χ0n) is 10.3. The van der Waals surface area contributed by atoms with E-state index >= 15 is 0 Å². The summed E-state index contributed by atoms with van der Waals surface area (Å²) in [5, 5.41) is 0.591. The molecule has 0 bridgehead atoms. The van der Waals surface area contributed by atoms with Crippen LogP contribution in [0.15, 0.2) is 36.4 Å². The molecule has 3 N–H and O–H groups in total. The van der Waals surface area contributed by atoms with E-state index in [2.05, 4.69) is 5.43 Å². The van der Waals surface area contributed by atoms with Crippen LogP contribution in [0.25, 0.3) is 0 Å². The summed E-state index contributed by atoms with van der Waals surface area (Å²) in [5.41, 5.74) is 3.80. The summed E-state index contributed by atoms with van der Waals surface area (Å²) >= 11 is 5.94. The SMILES string of the molecule is Cc1cc(C(NN)c2c(F)cccc2F)ccc1Cl. The molecule has 0 aliphatic rings. The van der Waals surface area contributed by atoms with Crippen LogP contribution in [0.2, 0.25) is 5.02 Å². The zero-order chi connectivity index (χ0) is 14.0. The van der Waals surface area contributed by atoms with Crippen molar-refractivity contribution in [3.63, 3.8) is 0 Å². The van der Waals surface area contributed by atoms with Crippen LogP contribution >= 0.6 is 11.6 Å². The predicted molar refractivity (Wildman–Crippen MR) is 71.7 cm³/mol. The van der Waals surface area contributed by atoms with E-state index < -0.39 is 17.7 Å². The van der Waals surface area contributed by atoms with Gasteiger partial charge < -0.3 is 0 Å². The standard InChI is InChI=1S/C14H13ClF2N2/c1-8-7-9(5-6-10(8)15)14(19-18)13-11(16)3-2-4-12(13)17/h2-7,14,19H,18H2,1H3. The van der Waals surface area contributed by atoms with Crippen LogP contribution in [0.3, 0.4) is 0 Å². The number of aryl methyl sites for hydroxylation is 1. The minimum atomic E-state index is -0.767. The third-order valence-electron chi connectivity index (χ3n) is 2.97. The lowest BCUT2D eigenvalue weighted by Crippen LogP contribution is -2.30. The number of hydrogen-bond acceptors (Lipinski definition) is 2.